The van der Waals surface area contributed by atoms with Gasteiger partial charge in [0.2, 0.25) is 0 Å². The molecule has 2 aromatic rings. The highest BCUT2D eigenvalue weighted by molar-refractivity contribution is 7.18. The van der Waals surface area contributed by atoms with Crippen LogP contribution in [0.4, 0.5) is 0 Å². The number of aliphatic hydroxyl groups is 2. The molecule has 0 spiro atoms. The number of carbonyl (C=O) groups excluding carboxylic acids is 1. The molecule has 1 aromatic carbocycles. The summed E-state index contributed by atoms with van der Waals surface area (Å²) in [5.74, 6) is 0.142. The Bertz CT molecular complexity index is 649. The Labute approximate surface area is 145 Å². The third-order valence-corrected chi connectivity index (χ3v) is 5.81. The largest absolute Gasteiger partial charge is 0.383 e. The summed E-state index contributed by atoms with van der Waals surface area (Å²) in [5, 5.41) is 23.5. The minimum Gasteiger partial charge on any atom is -0.383 e. The van der Waals surface area contributed by atoms with E-state index in [-0.39, 0.29) is 0 Å². The Morgan fingerprint density at radius 2 is 2.00 bits per heavy atom. The molecule has 1 fully saturated rings. The molecule has 1 aliphatic rings. The summed E-state index contributed by atoms with van der Waals surface area (Å²) in [6, 6.07) is 7.51. The van der Waals surface area contributed by atoms with Crippen LogP contribution in [0.5, 0.6) is 0 Å². The Morgan fingerprint density at radius 3 is 2.75 bits per heavy atom. The van der Waals surface area contributed by atoms with Gasteiger partial charge in [-0.25, -0.2) is 4.98 Å². The number of aromatic nitrogens is 1. The van der Waals surface area contributed by atoms with Crippen LogP contribution in [0.25, 0.3) is 10.2 Å². The molecule has 0 radical (unpaired) electrons. The van der Waals surface area contributed by atoms with Crippen LogP contribution in [-0.2, 0) is 4.79 Å². The van der Waals surface area contributed by atoms with Gasteiger partial charge in [-0.3, -0.25) is 4.79 Å². The highest BCUT2D eigenvalue weighted by Gasteiger charge is 2.28. The second-order valence-corrected chi connectivity index (χ2v) is 7.56. The summed E-state index contributed by atoms with van der Waals surface area (Å²) >= 11 is 1.30. The van der Waals surface area contributed by atoms with Crippen molar-refractivity contribution in [1.82, 2.24) is 10.3 Å². The van der Waals surface area contributed by atoms with Gasteiger partial charge in [0.1, 0.15) is 11.1 Å². The summed E-state index contributed by atoms with van der Waals surface area (Å²) in [6.07, 6.45) is 4.48. The summed E-state index contributed by atoms with van der Waals surface area (Å²) in [5.41, 5.74) is 0.765. The van der Waals surface area contributed by atoms with Crippen molar-refractivity contribution >= 4 is 27.5 Å². The fourth-order valence-electron chi connectivity index (χ4n) is 3.27. The molecule has 3 N–H and O–H groups in total. The Morgan fingerprint density at radius 1 is 1.25 bits per heavy atom. The quantitative estimate of drug-likeness (QED) is 0.750. The van der Waals surface area contributed by atoms with Crippen molar-refractivity contribution in [3.05, 3.63) is 29.3 Å². The van der Waals surface area contributed by atoms with Crippen molar-refractivity contribution in [2.24, 2.45) is 5.92 Å². The number of thiazole rings is 1. The molecule has 1 heterocycles. The molecule has 24 heavy (non-hydrogen) atoms. The average molecular weight is 348 g/mol. The maximum absolute atomic E-state index is 12.1. The molecule has 2 atom stereocenters. The summed E-state index contributed by atoms with van der Waals surface area (Å²) in [6.45, 7) is 0.549. The maximum atomic E-state index is 12.1. The van der Waals surface area contributed by atoms with Gasteiger partial charge in [-0.1, -0.05) is 44.2 Å². The first-order chi connectivity index (χ1) is 11.6. The molecule has 3 rings (SSSR count). The minimum atomic E-state index is -1.49. The third kappa shape index (κ3) is 4.12. The van der Waals surface area contributed by atoms with Crippen LogP contribution in [0, 0.1) is 5.92 Å². The molecule has 0 bridgehead atoms. The number of hydrogen-bond acceptors (Lipinski definition) is 5. The van der Waals surface area contributed by atoms with Crippen molar-refractivity contribution in [2.75, 3.05) is 6.54 Å². The Balaban J connectivity index is 1.52. The van der Waals surface area contributed by atoms with Crippen LogP contribution in [0.3, 0.4) is 0 Å². The molecular weight excluding hydrogens is 324 g/mol. The first-order valence-corrected chi connectivity index (χ1v) is 9.46. The van der Waals surface area contributed by atoms with Crippen molar-refractivity contribution in [1.29, 1.82) is 0 Å². The molecule has 6 heteroatoms. The Hall–Kier alpha value is -1.50. The van der Waals surface area contributed by atoms with Crippen molar-refractivity contribution < 1.29 is 15.0 Å². The van der Waals surface area contributed by atoms with E-state index in [9.17, 15) is 15.0 Å². The predicted molar refractivity (Wildman–Crippen MR) is 94.8 cm³/mol. The summed E-state index contributed by atoms with van der Waals surface area (Å²) in [4.78, 5) is 16.4. The van der Waals surface area contributed by atoms with E-state index in [0.29, 0.717) is 17.5 Å². The highest BCUT2D eigenvalue weighted by atomic mass is 32.1. The van der Waals surface area contributed by atoms with Crippen LogP contribution >= 0.6 is 11.3 Å². The first kappa shape index (κ1) is 17.3. The van der Waals surface area contributed by atoms with Gasteiger partial charge in [0.05, 0.1) is 10.2 Å². The van der Waals surface area contributed by atoms with E-state index in [1.165, 1.54) is 43.4 Å². The predicted octanol–water partition coefficient (Wildman–Crippen LogP) is 2.78. The molecular formula is C18H24N2O3S. The Kier molecular flexibility index (Phi) is 5.81. The number of para-hydroxylation sites is 1. The zero-order chi connectivity index (χ0) is 16.9. The van der Waals surface area contributed by atoms with Crippen LogP contribution in [0.2, 0.25) is 0 Å². The molecule has 1 saturated carbocycles. The second kappa shape index (κ2) is 8.05. The van der Waals surface area contributed by atoms with Gasteiger partial charge in [0.25, 0.3) is 5.91 Å². The molecule has 5 nitrogen and oxygen atoms in total. The lowest BCUT2D eigenvalue weighted by Gasteiger charge is -2.22. The van der Waals surface area contributed by atoms with Gasteiger partial charge in [-0.2, -0.15) is 0 Å². The molecule has 0 aliphatic heterocycles. The van der Waals surface area contributed by atoms with E-state index < -0.39 is 18.1 Å². The molecule has 130 valence electrons. The van der Waals surface area contributed by atoms with Gasteiger partial charge in [-0.15, -0.1) is 11.3 Å². The average Bonchev–Trinajstić information content (AvgIpc) is 3.05. The number of benzene rings is 1. The monoisotopic (exact) mass is 348 g/mol. The molecule has 0 unspecified atom stereocenters. The lowest BCUT2D eigenvalue weighted by atomic mass is 9.87. The zero-order valence-corrected chi connectivity index (χ0v) is 14.5. The fourth-order valence-corrected chi connectivity index (χ4v) is 4.26. The third-order valence-electron chi connectivity index (χ3n) is 4.71. The lowest BCUT2D eigenvalue weighted by Crippen LogP contribution is -2.39. The second-order valence-electron chi connectivity index (χ2n) is 6.49. The van der Waals surface area contributed by atoms with Crippen LogP contribution in [0.1, 0.15) is 49.6 Å². The number of hydrogen-bond donors (Lipinski definition) is 3. The van der Waals surface area contributed by atoms with E-state index in [1.54, 1.807) is 0 Å². The van der Waals surface area contributed by atoms with Crippen LogP contribution < -0.4 is 5.32 Å². The zero-order valence-electron chi connectivity index (χ0n) is 13.6. The number of amides is 1. The van der Waals surface area contributed by atoms with Crippen LogP contribution in [0.15, 0.2) is 24.3 Å². The molecule has 1 amide bonds. The van der Waals surface area contributed by atoms with Gasteiger partial charge >= 0.3 is 0 Å². The minimum absolute atomic E-state index is 0.367. The van der Waals surface area contributed by atoms with E-state index in [1.807, 2.05) is 24.3 Å². The fraction of sp³-hybridized carbons (Fsp3) is 0.556. The topological polar surface area (TPSA) is 82.5 Å². The van der Waals surface area contributed by atoms with Crippen molar-refractivity contribution in [3.8, 4) is 0 Å². The number of carbonyl (C=O) groups is 1. The molecule has 1 aliphatic carbocycles. The SMILES string of the molecule is O=C(NCCC1CCCCC1)[C@@H](O)[C@H](O)c1nc2ccccc2s1. The highest BCUT2D eigenvalue weighted by Crippen LogP contribution is 2.28. The smallest absolute Gasteiger partial charge is 0.252 e. The van der Waals surface area contributed by atoms with Gasteiger partial charge in [0, 0.05) is 6.54 Å². The maximum Gasteiger partial charge on any atom is 0.252 e. The number of aliphatic hydroxyl groups excluding tert-OH is 2. The summed E-state index contributed by atoms with van der Waals surface area (Å²) < 4.78 is 0.927. The normalized spacial score (nSPS) is 18.4. The van der Waals surface area contributed by atoms with E-state index in [2.05, 4.69) is 10.3 Å². The van der Waals surface area contributed by atoms with Crippen molar-refractivity contribution in [3.63, 3.8) is 0 Å². The van der Waals surface area contributed by atoms with Crippen LogP contribution in [-0.4, -0.2) is 33.8 Å². The van der Waals surface area contributed by atoms with Gasteiger partial charge in [-0.05, 0) is 24.5 Å². The standard InChI is InChI=1S/C18H24N2O3S/c21-15(17(23)19-11-10-12-6-2-1-3-7-12)16(22)18-20-13-8-4-5-9-14(13)24-18/h4-5,8-9,12,15-16,21-22H,1-3,6-7,10-11H2,(H,19,23)/t15-,16-/m0/s1. The molecule has 1 aromatic heterocycles. The van der Waals surface area contributed by atoms with Gasteiger partial charge in [0.15, 0.2) is 6.10 Å². The van der Waals surface area contributed by atoms with E-state index in [0.717, 1.165) is 16.6 Å². The van der Waals surface area contributed by atoms with Gasteiger partial charge < -0.3 is 15.5 Å². The first-order valence-electron chi connectivity index (χ1n) is 8.64. The summed E-state index contributed by atoms with van der Waals surface area (Å²) in [7, 11) is 0. The lowest BCUT2D eigenvalue weighted by molar-refractivity contribution is -0.135. The van der Waals surface area contributed by atoms with E-state index >= 15 is 0 Å². The number of nitrogens with one attached hydrogen (secondary N) is 1. The number of nitrogens with zero attached hydrogens (tertiary/aromatic N) is 1. The number of rotatable bonds is 6. The molecule has 0 saturated heterocycles. The van der Waals surface area contributed by atoms with E-state index in [4.69, 9.17) is 0 Å². The van der Waals surface area contributed by atoms with Crippen molar-refractivity contribution in [2.45, 2.75) is 50.7 Å². The number of fused-ring (bicyclic) bond motifs is 1.